The molecule has 0 radical (unpaired) electrons. The van der Waals surface area contributed by atoms with Crippen molar-refractivity contribution < 1.29 is 23.9 Å². The van der Waals surface area contributed by atoms with E-state index in [0.29, 0.717) is 24.5 Å². The molecule has 1 saturated heterocycles. The van der Waals surface area contributed by atoms with E-state index >= 15 is 0 Å². The molecule has 1 heterocycles. The Morgan fingerprint density at radius 1 is 1.11 bits per heavy atom. The van der Waals surface area contributed by atoms with Crippen molar-refractivity contribution in [2.24, 2.45) is 5.92 Å². The van der Waals surface area contributed by atoms with Crippen LogP contribution < -0.4 is 10.1 Å². The molecule has 28 heavy (non-hydrogen) atoms. The number of carbonyl (C=O) groups excluding carboxylic acids is 3. The van der Waals surface area contributed by atoms with E-state index in [9.17, 15) is 14.4 Å². The normalized spacial score (nSPS) is 16.0. The molecule has 7 heteroatoms. The van der Waals surface area contributed by atoms with Crippen LogP contribution in [0.25, 0.3) is 0 Å². The van der Waals surface area contributed by atoms with Gasteiger partial charge in [0.15, 0.2) is 6.61 Å². The molecule has 2 amide bonds. The summed E-state index contributed by atoms with van der Waals surface area (Å²) in [5, 5.41) is 2.64. The number of anilines is 1. The number of para-hydroxylation sites is 2. The Labute approximate surface area is 163 Å². The van der Waals surface area contributed by atoms with E-state index in [1.165, 1.54) is 7.11 Å². The maximum absolute atomic E-state index is 12.3. The number of esters is 1. The first-order valence-electron chi connectivity index (χ1n) is 8.98. The van der Waals surface area contributed by atoms with Gasteiger partial charge in [0.25, 0.3) is 5.91 Å². The predicted molar refractivity (Wildman–Crippen MR) is 103 cm³/mol. The van der Waals surface area contributed by atoms with Gasteiger partial charge >= 0.3 is 5.97 Å². The molecule has 0 bridgehead atoms. The van der Waals surface area contributed by atoms with Gasteiger partial charge in [0.05, 0.1) is 18.7 Å². The van der Waals surface area contributed by atoms with Crippen LogP contribution in [0.5, 0.6) is 5.75 Å². The summed E-state index contributed by atoms with van der Waals surface area (Å²) in [5.41, 5.74) is 1.50. The highest BCUT2D eigenvalue weighted by molar-refractivity contribution is 5.94. The molecule has 0 spiro atoms. The lowest BCUT2D eigenvalue weighted by molar-refractivity contribution is -0.151. The van der Waals surface area contributed by atoms with Crippen molar-refractivity contribution in [3.05, 3.63) is 60.2 Å². The summed E-state index contributed by atoms with van der Waals surface area (Å²) in [6.07, 6.45) is 0.0970. The van der Waals surface area contributed by atoms with Crippen molar-refractivity contribution >= 4 is 23.5 Å². The van der Waals surface area contributed by atoms with Gasteiger partial charge in [0, 0.05) is 19.5 Å². The fraction of sp³-hybridized carbons (Fsp3) is 0.286. The third-order valence-electron chi connectivity index (χ3n) is 4.49. The quantitative estimate of drug-likeness (QED) is 0.743. The highest BCUT2D eigenvalue weighted by atomic mass is 16.5. The molecule has 1 atom stereocenters. The van der Waals surface area contributed by atoms with Gasteiger partial charge in [-0.25, -0.2) is 0 Å². The van der Waals surface area contributed by atoms with Gasteiger partial charge in [-0.2, -0.15) is 0 Å². The summed E-state index contributed by atoms with van der Waals surface area (Å²) in [7, 11) is 1.50. The minimum atomic E-state index is -0.560. The first-order chi connectivity index (χ1) is 13.6. The number of hydrogen-bond donors (Lipinski definition) is 1. The van der Waals surface area contributed by atoms with E-state index in [2.05, 4.69) is 5.32 Å². The molecule has 0 aliphatic carbocycles. The SMILES string of the molecule is COc1ccccc1NC(=O)COC(=O)[C@@H]1CC(=O)N(Cc2ccccc2)C1. The van der Waals surface area contributed by atoms with E-state index in [0.717, 1.165) is 5.56 Å². The minimum absolute atomic E-state index is 0.0933. The number of likely N-dealkylation sites (tertiary alicyclic amines) is 1. The second-order valence-electron chi connectivity index (χ2n) is 6.52. The summed E-state index contributed by atoms with van der Waals surface area (Å²) in [4.78, 5) is 38.1. The number of rotatable bonds is 7. The fourth-order valence-electron chi connectivity index (χ4n) is 3.08. The molecule has 146 valence electrons. The van der Waals surface area contributed by atoms with Gasteiger partial charge in [-0.15, -0.1) is 0 Å². The molecule has 7 nitrogen and oxygen atoms in total. The van der Waals surface area contributed by atoms with Crippen molar-refractivity contribution in [1.82, 2.24) is 4.90 Å². The summed E-state index contributed by atoms with van der Waals surface area (Å²) in [6, 6.07) is 16.5. The van der Waals surface area contributed by atoms with E-state index in [1.807, 2.05) is 30.3 Å². The summed E-state index contributed by atoms with van der Waals surface area (Å²) < 4.78 is 10.3. The van der Waals surface area contributed by atoms with Crippen molar-refractivity contribution in [1.29, 1.82) is 0 Å². The zero-order valence-corrected chi connectivity index (χ0v) is 15.6. The fourth-order valence-corrected chi connectivity index (χ4v) is 3.08. The lowest BCUT2D eigenvalue weighted by Crippen LogP contribution is -2.28. The molecular weight excluding hydrogens is 360 g/mol. The number of nitrogens with zero attached hydrogens (tertiary/aromatic N) is 1. The average molecular weight is 382 g/mol. The number of methoxy groups -OCH3 is 1. The Bertz CT molecular complexity index is 853. The van der Waals surface area contributed by atoms with Crippen LogP contribution in [0.1, 0.15) is 12.0 Å². The molecule has 0 saturated carbocycles. The van der Waals surface area contributed by atoms with Gasteiger partial charge < -0.3 is 19.7 Å². The molecule has 1 fully saturated rings. The molecule has 1 N–H and O–H groups in total. The maximum atomic E-state index is 12.3. The second-order valence-corrected chi connectivity index (χ2v) is 6.52. The first-order valence-corrected chi connectivity index (χ1v) is 8.98. The topological polar surface area (TPSA) is 84.9 Å². The Morgan fingerprint density at radius 3 is 2.57 bits per heavy atom. The van der Waals surface area contributed by atoms with E-state index in [1.54, 1.807) is 29.2 Å². The molecule has 2 aromatic carbocycles. The van der Waals surface area contributed by atoms with Crippen molar-refractivity contribution in [2.75, 3.05) is 25.6 Å². The standard InChI is InChI=1S/C21H22N2O5/c1-27-18-10-6-5-9-17(18)22-19(24)14-28-21(26)16-11-20(25)23(13-16)12-15-7-3-2-4-8-15/h2-10,16H,11-14H2,1H3,(H,22,24)/t16-/m1/s1. The van der Waals surface area contributed by atoms with Gasteiger partial charge in [-0.3, -0.25) is 14.4 Å². The smallest absolute Gasteiger partial charge is 0.311 e. The molecule has 1 aliphatic rings. The van der Waals surface area contributed by atoms with Crippen molar-refractivity contribution in [2.45, 2.75) is 13.0 Å². The largest absolute Gasteiger partial charge is 0.495 e. The van der Waals surface area contributed by atoms with Gasteiger partial charge in [0.2, 0.25) is 5.91 Å². The molecular formula is C21H22N2O5. The minimum Gasteiger partial charge on any atom is -0.495 e. The van der Waals surface area contributed by atoms with E-state index in [4.69, 9.17) is 9.47 Å². The number of carbonyl (C=O) groups is 3. The van der Waals surface area contributed by atoms with Crippen molar-refractivity contribution in [3.8, 4) is 5.75 Å². The summed E-state index contributed by atoms with van der Waals surface area (Å²) in [6.45, 7) is 0.332. The number of ether oxygens (including phenoxy) is 2. The van der Waals surface area contributed by atoms with Crippen LogP contribution in [-0.2, 0) is 25.7 Å². The third kappa shape index (κ3) is 4.88. The second kappa shape index (κ2) is 9.03. The third-order valence-corrected chi connectivity index (χ3v) is 4.49. The van der Waals surface area contributed by atoms with Crippen LogP contribution in [-0.4, -0.2) is 42.9 Å². The zero-order valence-electron chi connectivity index (χ0n) is 15.6. The Balaban J connectivity index is 1.48. The van der Waals surface area contributed by atoms with E-state index in [-0.39, 0.29) is 12.3 Å². The number of amides is 2. The highest BCUT2D eigenvalue weighted by Crippen LogP contribution is 2.23. The molecule has 2 aromatic rings. The van der Waals surface area contributed by atoms with Crippen LogP contribution in [0.2, 0.25) is 0 Å². The zero-order chi connectivity index (χ0) is 19.9. The first kappa shape index (κ1) is 19.4. The summed E-state index contributed by atoms with van der Waals surface area (Å²) in [5.74, 6) is -1.15. The lowest BCUT2D eigenvalue weighted by atomic mass is 10.1. The average Bonchev–Trinajstić information content (AvgIpc) is 3.08. The predicted octanol–water partition coefficient (Wildman–Crippen LogP) is 2.23. The van der Waals surface area contributed by atoms with Crippen molar-refractivity contribution in [3.63, 3.8) is 0 Å². The van der Waals surface area contributed by atoms with Crippen LogP contribution in [0.3, 0.4) is 0 Å². The van der Waals surface area contributed by atoms with Gasteiger partial charge in [-0.1, -0.05) is 42.5 Å². The Kier molecular flexibility index (Phi) is 6.26. The highest BCUT2D eigenvalue weighted by Gasteiger charge is 2.35. The molecule has 1 aliphatic heterocycles. The number of nitrogens with one attached hydrogen (secondary N) is 1. The molecule has 0 unspecified atom stereocenters. The monoisotopic (exact) mass is 382 g/mol. The maximum Gasteiger partial charge on any atom is 0.311 e. The number of hydrogen-bond acceptors (Lipinski definition) is 5. The summed E-state index contributed by atoms with van der Waals surface area (Å²) >= 11 is 0. The van der Waals surface area contributed by atoms with E-state index < -0.39 is 24.4 Å². The van der Waals surface area contributed by atoms with Crippen LogP contribution in [0.4, 0.5) is 5.69 Å². The molecule has 3 rings (SSSR count). The Hall–Kier alpha value is -3.35. The van der Waals surface area contributed by atoms with Crippen LogP contribution in [0, 0.1) is 5.92 Å². The Morgan fingerprint density at radius 2 is 1.82 bits per heavy atom. The number of benzene rings is 2. The van der Waals surface area contributed by atoms with Crippen LogP contribution in [0.15, 0.2) is 54.6 Å². The molecule has 0 aromatic heterocycles. The lowest BCUT2D eigenvalue weighted by Gasteiger charge is -2.16. The van der Waals surface area contributed by atoms with Gasteiger partial charge in [0.1, 0.15) is 5.75 Å². The van der Waals surface area contributed by atoms with Gasteiger partial charge in [-0.05, 0) is 17.7 Å². The van der Waals surface area contributed by atoms with Crippen LogP contribution >= 0.6 is 0 Å².